The number of thioether (sulfide) groups is 2. The maximum atomic E-state index is 11.8. The lowest BCUT2D eigenvalue weighted by atomic mass is 10.3. The van der Waals surface area contributed by atoms with Gasteiger partial charge in [-0.2, -0.15) is 0 Å². The maximum absolute atomic E-state index is 11.8. The van der Waals surface area contributed by atoms with E-state index < -0.39 is 0 Å². The van der Waals surface area contributed by atoms with E-state index in [0.29, 0.717) is 5.75 Å². The van der Waals surface area contributed by atoms with Gasteiger partial charge in [-0.3, -0.25) is 4.79 Å². The number of aromatic nitrogens is 3. The molecule has 0 radical (unpaired) electrons. The molecule has 1 aromatic heterocycles. The molecule has 0 fully saturated rings. The average molecular weight is 294 g/mol. The van der Waals surface area contributed by atoms with Crippen LogP contribution >= 0.6 is 23.5 Å². The van der Waals surface area contributed by atoms with Crippen LogP contribution in [0.1, 0.15) is 0 Å². The van der Waals surface area contributed by atoms with Gasteiger partial charge in [0.25, 0.3) is 0 Å². The quantitative estimate of drug-likeness (QED) is 0.857. The molecule has 1 heterocycles. The van der Waals surface area contributed by atoms with Crippen molar-refractivity contribution in [2.45, 2.75) is 10.1 Å². The van der Waals surface area contributed by atoms with Crippen LogP contribution in [0.15, 0.2) is 40.6 Å². The van der Waals surface area contributed by atoms with Gasteiger partial charge in [0, 0.05) is 17.6 Å². The van der Waals surface area contributed by atoms with Crippen LogP contribution in [0.2, 0.25) is 0 Å². The van der Waals surface area contributed by atoms with Crippen molar-refractivity contribution < 1.29 is 4.79 Å². The molecule has 0 aliphatic heterocycles. The molecule has 1 amide bonds. The molecule has 0 spiro atoms. The highest BCUT2D eigenvalue weighted by atomic mass is 32.2. The minimum absolute atomic E-state index is 0.0498. The molecule has 2 aromatic rings. The Morgan fingerprint density at radius 1 is 1.47 bits per heavy atom. The standard InChI is InChI=1S/C12H14N4OS2/c1-16-8-13-15-12(16)19-7-11(17)14-9-4-3-5-10(6-9)18-2/h3-6,8H,7H2,1-2H3,(H,14,17). The molecule has 0 atom stereocenters. The number of carbonyl (C=O) groups excluding carboxylic acids is 1. The molecule has 1 aromatic carbocycles. The third kappa shape index (κ3) is 4.00. The van der Waals surface area contributed by atoms with E-state index in [1.165, 1.54) is 11.8 Å². The van der Waals surface area contributed by atoms with Gasteiger partial charge < -0.3 is 9.88 Å². The fourth-order valence-corrected chi connectivity index (χ4v) is 2.58. The first-order valence-corrected chi connectivity index (χ1v) is 7.81. The number of nitrogens with one attached hydrogen (secondary N) is 1. The molecule has 1 N–H and O–H groups in total. The third-order valence-electron chi connectivity index (χ3n) is 2.36. The first-order chi connectivity index (χ1) is 9.19. The van der Waals surface area contributed by atoms with E-state index in [4.69, 9.17) is 0 Å². The summed E-state index contributed by atoms with van der Waals surface area (Å²) in [6.45, 7) is 0. The van der Waals surface area contributed by atoms with Gasteiger partial charge in [0.05, 0.1) is 5.75 Å². The second kappa shape index (κ2) is 6.63. The summed E-state index contributed by atoms with van der Waals surface area (Å²) in [5.41, 5.74) is 0.815. The number of hydrogen-bond donors (Lipinski definition) is 1. The van der Waals surface area contributed by atoms with Gasteiger partial charge in [-0.1, -0.05) is 17.8 Å². The third-order valence-corrected chi connectivity index (χ3v) is 4.12. The Kier molecular flexibility index (Phi) is 4.86. The summed E-state index contributed by atoms with van der Waals surface area (Å²) in [5.74, 6) is 0.266. The van der Waals surface area contributed by atoms with Crippen LogP contribution in [0.3, 0.4) is 0 Å². The van der Waals surface area contributed by atoms with Gasteiger partial charge in [-0.25, -0.2) is 0 Å². The van der Waals surface area contributed by atoms with E-state index in [2.05, 4.69) is 15.5 Å². The van der Waals surface area contributed by atoms with Gasteiger partial charge in [0.2, 0.25) is 5.91 Å². The Morgan fingerprint density at radius 3 is 3.00 bits per heavy atom. The molecular weight excluding hydrogens is 280 g/mol. The number of hydrogen-bond acceptors (Lipinski definition) is 5. The zero-order valence-electron chi connectivity index (χ0n) is 10.7. The van der Waals surface area contributed by atoms with Crippen molar-refractivity contribution in [1.82, 2.24) is 14.8 Å². The summed E-state index contributed by atoms with van der Waals surface area (Å²) >= 11 is 3.01. The molecule has 0 saturated heterocycles. The number of benzene rings is 1. The molecule has 7 heteroatoms. The van der Waals surface area contributed by atoms with Crippen LogP contribution in [-0.4, -0.2) is 32.7 Å². The summed E-state index contributed by atoms with van der Waals surface area (Å²) in [7, 11) is 1.85. The molecule has 19 heavy (non-hydrogen) atoms. The molecule has 0 unspecified atom stereocenters. The van der Waals surface area contributed by atoms with Crippen molar-refractivity contribution in [3.05, 3.63) is 30.6 Å². The van der Waals surface area contributed by atoms with E-state index in [9.17, 15) is 4.79 Å². The van der Waals surface area contributed by atoms with E-state index in [-0.39, 0.29) is 5.91 Å². The fourth-order valence-electron chi connectivity index (χ4n) is 1.43. The van der Waals surface area contributed by atoms with Crippen LogP contribution in [0.25, 0.3) is 0 Å². The minimum atomic E-state index is -0.0498. The van der Waals surface area contributed by atoms with Gasteiger partial charge in [0.1, 0.15) is 6.33 Å². The second-order valence-electron chi connectivity index (χ2n) is 3.79. The van der Waals surface area contributed by atoms with Crippen molar-refractivity contribution >= 4 is 35.1 Å². The Labute approximate surface area is 120 Å². The normalized spacial score (nSPS) is 10.4. The van der Waals surface area contributed by atoms with Gasteiger partial charge in [-0.05, 0) is 24.5 Å². The number of carbonyl (C=O) groups is 1. The topological polar surface area (TPSA) is 59.8 Å². The van der Waals surface area contributed by atoms with Crippen molar-refractivity contribution in [3.63, 3.8) is 0 Å². The Bertz CT molecular complexity index is 570. The van der Waals surface area contributed by atoms with Gasteiger partial charge in [-0.15, -0.1) is 22.0 Å². The van der Waals surface area contributed by atoms with Crippen LogP contribution in [-0.2, 0) is 11.8 Å². The number of anilines is 1. The van der Waals surface area contributed by atoms with E-state index >= 15 is 0 Å². The predicted octanol–water partition coefficient (Wildman–Crippen LogP) is 2.27. The monoisotopic (exact) mass is 294 g/mol. The summed E-state index contributed by atoms with van der Waals surface area (Å²) in [6, 6.07) is 7.77. The van der Waals surface area contributed by atoms with E-state index in [1.807, 2.05) is 37.6 Å². The summed E-state index contributed by atoms with van der Waals surface area (Å²) < 4.78 is 1.78. The van der Waals surface area contributed by atoms with Crippen LogP contribution in [0.4, 0.5) is 5.69 Å². The Hall–Kier alpha value is -1.47. The second-order valence-corrected chi connectivity index (χ2v) is 5.62. The zero-order valence-corrected chi connectivity index (χ0v) is 12.3. The highest BCUT2D eigenvalue weighted by Crippen LogP contribution is 2.19. The fraction of sp³-hybridized carbons (Fsp3) is 0.250. The summed E-state index contributed by atoms with van der Waals surface area (Å²) in [6.07, 6.45) is 3.62. The molecular formula is C12H14N4OS2. The molecule has 0 aliphatic rings. The van der Waals surface area contributed by atoms with Crippen molar-refractivity contribution in [2.75, 3.05) is 17.3 Å². The number of aryl methyl sites for hydroxylation is 1. The summed E-state index contributed by atoms with van der Waals surface area (Å²) in [5, 5.41) is 11.3. The molecule has 0 bridgehead atoms. The molecule has 2 rings (SSSR count). The smallest absolute Gasteiger partial charge is 0.234 e. The van der Waals surface area contributed by atoms with Crippen molar-refractivity contribution in [2.24, 2.45) is 7.05 Å². The highest BCUT2D eigenvalue weighted by molar-refractivity contribution is 7.99. The SMILES string of the molecule is CSc1cccc(NC(=O)CSc2nncn2C)c1. The van der Waals surface area contributed by atoms with Crippen LogP contribution in [0, 0.1) is 0 Å². The molecule has 0 saturated carbocycles. The van der Waals surface area contributed by atoms with Crippen LogP contribution < -0.4 is 5.32 Å². The minimum Gasteiger partial charge on any atom is -0.325 e. The Balaban J connectivity index is 1.89. The van der Waals surface area contributed by atoms with E-state index in [1.54, 1.807) is 22.7 Å². The van der Waals surface area contributed by atoms with Crippen molar-refractivity contribution in [1.29, 1.82) is 0 Å². The van der Waals surface area contributed by atoms with Crippen molar-refractivity contribution in [3.8, 4) is 0 Å². The van der Waals surface area contributed by atoms with E-state index in [0.717, 1.165) is 15.7 Å². The highest BCUT2D eigenvalue weighted by Gasteiger charge is 2.07. The largest absolute Gasteiger partial charge is 0.325 e. The summed E-state index contributed by atoms with van der Waals surface area (Å²) in [4.78, 5) is 12.9. The predicted molar refractivity (Wildman–Crippen MR) is 78.6 cm³/mol. The zero-order chi connectivity index (χ0) is 13.7. The first-order valence-electron chi connectivity index (χ1n) is 5.60. The number of nitrogens with zero attached hydrogens (tertiary/aromatic N) is 3. The lowest BCUT2D eigenvalue weighted by molar-refractivity contribution is -0.113. The number of rotatable bonds is 5. The first kappa shape index (κ1) is 14.0. The molecule has 0 aliphatic carbocycles. The maximum Gasteiger partial charge on any atom is 0.234 e. The van der Waals surface area contributed by atoms with Crippen LogP contribution in [0.5, 0.6) is 0 Å². The van der Waals surface area contributed by atoms with Gasteiger partial charge in [0.15, 0.2) is 5.16 Å². The Morgan fingerprint density at radius 2 is 2.32 bits per heavy atom. The number of amides is 1. The molecule has 100 valence electrons. The van der Waals surface area contributed by atoms with Gasteiger partial charge >= 0.3 is 0 Å². The molecule has 5 nitrogen and oxygen atoms in total. The lowest BCUT2D eigenvalue weighted by Crippen LogP contribution is -2.14. The lowest BCUT2D eigenvalue weighted by Gasteiger charge is -2.06. The average Bonchev–Trinajstić information content (AvgIpc) is 2.82.